The molecule has 0 aromatic heterocycles. The maximum Gasteiger partial charge on any atom is 0.279 e. The Kier molecular flexibility index (Phi) is 7.45. The lowest BCUT2D eigenvalue weighted by molar-refractivity contribution is -0.922. The van der Waals surface area contributed by atoms with E-state index >= 15 is 0 Å². The molecule has 0 spiro atoms. The zero-order valence-electron chi connectivity index (χ0n) is 14.3. The molecule has 1 aliphatic rings. The van der Waals surface area contributed by atoms with Crippen molar-refractivity contribution in [2.75, 3.05) is 44.7 Å². The van der Waals surface area contributed by atoms with Gasteiger partial charge >= 0.3 is 0 Å². The summed E-state index contributed by atoms with van der Waals surface area (Å²) in [5.41, 5.74) is 4.39. The number of carbonyl (C=O) groups excluding carboxylic acids is 1. The number of anilines is 1. The van der Waals surface area contributed by atoms with Gasteiger partial charge in [-0.25, -0.2) is 0 Å². The highest BCUT2D eigenvalue weighted by Gasteiger charge is 2.32. The number of halogens is 1. The van der Waals surface area contributed by atoms with E-state index in [4.69, 9.17) is 4.74 Å². The smallest absolute Gasteiger partial charge is 0.279 e. The first-order chi connectivity index (χ1) is 10.5. The van der Waals surface area contributed by atoms with Crippen molar-refractivity contribution in [3.05, 3.63) is 41.5 Å². The molecule has 1 aliphatic heterocycles. The lowest BCUT2D eigenvalue weighted by Gasteiger charge is -2.39. The number of quaternary nitrogens is 1. The molecule has 0 atom stereocenters. The van der Waals surface area contributed by atoms with Crippen molar-refractivity contribution in [3.63, 3.8) is 0 Å². The van der Waals surface area contributed by atoms with Crippen LogP contribution in [0.2, 0.25) is 0 Å². The van der Waals surface area contributed by atoms with Crippen LogP contribution in [-0.2, 0) is 9.53 Å². The van der Waals surface area contributed by atoms with Crippen LogP contribution in [0.3, 0.4) is 0 Å². The van der Waals surface area contributed by atoms with E-state index in [2.05, 4.69) is 31.0 Å². The summed E-state index contributed by atoms with van der Waals surface area (Å²) in [4.78, 5) is 12.5. The highest BCUT2D eigenvalue weighted by molar-refractivity contribution is 5.93. The summed E-state index contributed by atoms with van der Waals surface area (Å²) in [5.74, 6) is 0.0683. The molecule has 1 aromatic rings. The number of rotatable bonds is 5. The summed E-state index contributed by atoms with van der Waals surface area (Å²) < 4.78 is 6.18. The maximum absolute atomic E-state index is 12.5. The SMILES string of the molecule is C=CC[N+]1(CC(=O)Nc2c(C)cc(C)cc2C)CCOCC1.[Br-]. The Bertz CT molecular complexity index is 543. The predicted molar refractivity (Wildman–Crippen MR) is 90.0 cm³/mol. The minimum absolute atomic E-state index is 0. The van der Waals surface area contributed by atoms with E-state index in [-0.39, 0.29) is 22.9 Å². The summed E-state index contributed by atoms with van der Waals surface area (Å²) in [6, 6.07) is 4.21. The van der Waals surface area contributed by atoms with Crippen LogP contribution in [0, 0.1) is 20.8 Å². The standard InChI is InChI=1S/C18H26N2O2.BrH/c1-5-6-20(7-9-22-10-8-20)13-17(21)19-18-15(3)11-14(2)12-16(18)4;/h5,11-12H,1,6-10,13H2,2-4H3;1H. The minimum Gasteiger partial charge on any atom is -1.00 e. The number of hydrogen-bond donors (Lipinski definition) is 1. The topological polar surface area (TPSA) is 38.3 Å². The molecule has 1 N–H and O–H groups in total. The Morgan fingerprint density at radius 3 is 2.35 bits per heavy atom. The second-order valence-corrected chi connectivity index (χ2v) is 6.35. The first kappa shape index (κ1) is 19.9. The predicted octanol–water partition coefficient (Wildman–Crippen LogP) is -0.413. The van der Waals surface area contributed by atoms with E-state index in [1.807, 2.05) is 19.9 Å². The lowest BCUT2D eigenvalue weighted by atomic mass is 10.1. The van der Waals surface area contributed by atoms with Crippen molar-refractivity contribution in [1.82, 2.24) is 0 Å². The van der Waals surface area contributed by atoms with Crippen LogP contribution in [-0.4, -0.2) is 49.8 Å². The Labute approximate surface area is 149 Å². The Balaban J connectivity index is 0.00000264. The first-order valence-corrected chi connectivity index (χ1v) is 7.87. The third-order valence-electron chi connectivity index (χ3n) is 4.36. The summed E-state index contributed by atoms with van der Waals surface area (Å²) in [5, 5.41) is 3.11. The number of morpholine rings is 1. The number of hydrogen-bond acceptors (Lipinski definition) is 2. The van der Waals surface area contributed by atoms with E-state index in [0.717, 1.165) is 40.9 Å². The van der Waals surface area contributed by atoms with Gasteiger partial charge in [0.25, 0.3) is 5.91 Å². The molecule has 1 heterocycles. The van der Waals surface area contributed by atoms with Gasteiger partial charge in [-0.3, -0.25) is 4.79 Å². The van der Waals surface area contributed by atoms with Gasteiger partial charge in [0.05, 0.1) is 19.8 Å². The normalized spacial score (nSPS) is 16.3. The number of carbonyl (C=O) groups is 1. The van der Waals surface area contributed by atoms with E-state index in [1.165, 1.54) is 5.56 Å². The first-order valence-electron chi connectivity index (χ1n) is 7.87. The minimum atomic E-state index is 0. The molecule has 1 aromatic carbocycles. The van der Waals surface area contributed by atoms with Gasteiger partial charge in [-0.15, -0.1) is 0 Å². The van der Waals surface area contributed by atoms with Gasteiger partial charge in [-0.1, -0.05) is 24.3 Å². The fourth-order valence-corrected chi connectivity index (χ4v) is 3.27. The monoisotopic (exact) mass is 382 g/mol. The van der Waals surface area contributed by atoms with Gasteiger partial charge in [0.2, 0.25) is 0 Å². The Hall–Kier alpha value is -1.17. The fourth-order valence-electron chi connectivity index (χ4n) is 3.27. The Morgan fingerprint density at radius 1 is 1.26 bits per heavy atom. The number of benzene rings is 1. The van der Waals surface area contributed by atoms with Gasteiger partial charge in [0.15, 0.2) is 6.54 Å². The lowest BCUT2D eigenvalue weighted by Crippen LogP contribution is -3.00. The third kappa shape index (κ3) is 5.16. The molecule has 0 saturated carbocycles. The average Bonchev–Trinajstić information content (AvgIpc) is 2.44. The third-order valence-corrected chi connectivity index (χ3v) is 4.36. The van der Waals surface area contributed by atoms with Gasteiger partial charge in [-0.05, 0) is 38.0 Å². The molecule has 23 heavy (non-hydrogen) atoms. The Morgan fingerprint density at radius 2 is 1.83 bits per heavy atom. The molecule has 1 fully saturated rings. The zero-order valence-corrected chi connectivity index (χ0v) is 15.9. The molecule has 1 amide bonds. The summed E-state index contributed by atoms with van der Waals surface area (Å²) in [6.07, 6.45) is 1.90. The molecule has 2 rings (SSSR count). The van der Waals surface area contributed by atoms with Crippen LogP contribution in [0.5, 0.6) is 0 Å². The van der Waals surface area contributed by atoms with Crippen LogP contribution in [0.1, 0.15) is 16.7 Å². The largest absolute Gasteiger partial charge is 1.00 e. The van der Waals surface area contributed by atoms with E-state index in [0.29, 0.717) is 19.8 Å². The van der Waals surface area contributed by atoms with Gasteiger partial charge < -0.3 is 31.5 Å². The number of amides is 1. The van der Waals surface area contributed by atoms with Gasteiger partial charge in [0, 0.05) is 5.69 Å². The molecular formula is C18H27BrN2O2. The average molecular weight is 383 g/mol. The van der Waals surface area contributed by atoms with Crippen molar-refractivity contribution in [2.45, 2.75) is 20.8 Å². The molecule has 1 saturated heterocycles. The molecule has 128 valence electrons. The van der Waals surface area contributed by atoms with Crippen LogP contribution in [0.25, 0.3) is 0 Å². The summed E-state index contributed by atoms with van der Waals surface area (Å²) in [7, 11) is 0. The molecule has 0 bridgehead atoms. The summed E-state index contributed by atoms with van der Waals surface area (Å²) in [6.45, 7) is 14.4. The maximum atomic E-state index is 12.5. The van der Waals surface area contributed by atoms with Crippen LogP contribution in [0.15, 0.2) is 24.8 Å². The molecule has 0 aliphatic carbocycles. The van der Waals surface area contributed by atoms with Gasteiger partial charge in [-0.2, -0.15) is 0 Å². The quantitative estimate of drug-likeness (QED) is 0.555. The molecule has 0 radical (unpaired) electrons. The molecular weight excluding hydrogens is 356 g/mol. The van der Waals surface area contributed by atoms with Crippen molar-refractivity contribution in [1.29, 1.82) is 0 Å². The molecule has 5 heteroatoms. The van der Waals surface area contributed by atoms with E-state index in [9.17, 15) is 4.79 Å². The van der Waals surface area contributed by atoms with Crippen molar-refractivity contribution < 1.29 is 31.0 Å². The number of ether oxygens (including phenoxy) is 1. The van der Waals surface area contributed by atoms with Crippen LogP contribution >= 0.6 is 0 Å². The van der Waals surface area contributed by atoms with Crippen molar-refractivity contribution >= 4 is 11.6 Å². The highest BCUT2D eigenvalue weighted by atomic mass is 79.9. The van der Waals surface area contributed by atoms with Gasteiger partial charge in [0.1, 0.15) is 13.1 Å². The van der Waals surface area contributed by atoms with Crippen LogP contribution in [0.4, 0.5) is 5.69 Å². The summed E-state index contributed by atoms with van der Waals surface area (Å²) >= 11 is 0. The second-order valence-electron chi connectivity index (χ2n) is 6.35. The fraction of sp³-hybridized carbons (Fsp3) is 0.500. The van der Waals surface area contributed by atoms with Crippen LogP contribution < -0.4 is 22.3 Å². The van der Waals surface area contributed by atoms with Crippen molar-refractivity contribution in [2.24, 2.45) is 0 Å². The van der Waals surface area contributed by atoms with E-state index in [1.54, 1.807) is 0 Å². The number of nitrogens with one attached hydrogen (secondary N) is 1. The molecule has 4 nitrogen and oxygen atoms in total. The highest BCUT2D eigenvalue weighted by Crippen LogP contribution is 2.22. The number of aryl methyl sites for hydroxylation is 3. The molecule has 0 unspecified atom stereocenters. The van der Waals surface area contributed by atoms with Crippen molar-refractivity contribution in [3.8, 4) is 0 Å². The zero-order chi connectivity index (χ0) is 16.2. The second kappa shape index (κ2) is 8.62. The van der Waals surface area contributed by atoms with E-state index < -0.39 is 0 Å². The number of nitrogens with zero attached hydrogens (tertiary/aromatic N) is 1.